The minimum absolute atomic E-state index is 1.08. The smallest absolute Gasteiger partial charge is 0.0619 e. The largest absolute Gasteiger partial charge is 0.309 e. The SMILES string of the molecule is c1ccc(N(c2ccc(-c3ccccc3-n3c4ccccc4c4ccc5ccccc5c43)cc2)c2ccc(-c3cccc4ccccc34)c3ccccc23)c(-c2ccc3ccccc3c2)c1. The Balaban J connectivity index is 1.01. The quantitative estimate of drug-likeness (QED) is 0.155. The number of hydrogen-bond acceptors (Lipinski definition) is 1. The Labute approximate surface area is 383 Å². The molecule has 66 heavy (non-hydrogen) atoms. The molecule has 0 amide bonds. The molecule has 0 aliphatic carbocycles. The maximum Gasteiger partial charge on any atom is 0.0619 e. The van der Waals surface area contributed by atoms with E-state index in [1.807, 2.05) is 0 Å². The highest BCUT2D eigenvalue weighted by atomic mass is 15.1. The van der Waals surface area contributed by atoms with Crippen LogP contribution in [0.25, 0.3) is 104 Å². The zero-order valence-corrected chi connectivity index (χ0v) is 36.1. The summed E-state index contributed by atoms with van der Waals surface area (Å²) in [7, 11) is 0. The highest BCUT2D eigenvalue weighted by Gasteiger charge is 2.22. The zero-order chi connectivity index (χ0) is 43.6. The summed E-state index contributed by atoms with van der Waals surface area (Å²) in [5, 5.41) is 12.3. The van der Waals surface area contributed by atoms with Gasteiger partial charge in [-0.2, -0.15) is 0 Å². The molecule has 1 aromatic heterocycles. The van der Waals surface area contributed by atoms with Gasteiger partial charge in [-0.1, -0.05) is 212 Å². The van der Waals surface area contributed by atoms with E-state index in [9.17, 15) is 0 Å². The highest BCUT2D eigenvalue weighted by Crippen LogP contribution is 2.47. The first kappa shape index (κ1) is 37.8. The van der Waals surface area contributed by atoms with Crippen molar-refractivity contribution in [2.75, 3.05) is 4.90 Å². The van der Waals surface area contributed by atoms with Gasteiger partial charge in [-0.25, -0.2) is 0 Å². The van der Waals surface area contributed by atoms with E-state index in [0.29, 0.717) is 0 Å². The molecule has 0 saturated heterocycles. The molecular weight excluding hydrogens is 797 g/mol. The molecule has 0 spiro atoms. The molecule has 12 aromatic carbocycles. The monoisotopic (exact) mass is 838 g/mol. The van der Waals surface area contributed by atoms with Gasteiger partial charge in [-0.05, 0) is 97.0 Å². The maximum absolute atomic E-state index is 2.48. The standard InChI is InChI=1S/C64H42N2/c1-2-19-47-42-48(33-32-43(47)16-1)52-23-10-12-29-60(52)65(63-41-40-56(55-25-7-8-26-57(55)63)54-28-15-20-44-17-3-5-21-50(44)54)49-37-34-46(35-38-49)51-22-9-13-30-61(51)66-62-31-14-11-27-58(62)59-39-36-45-18-4-6-24-53(45)64(59)66/h1-42H. The molecule has 13 aromatic rings. The minimum atomic E-state index is 1.08. The van der Waals surface area contributed by atoms with Crippen LogP contribution in [0.2, 0.25) is 0 Å². The fraction of sp³-hybridized carbons (Fsp3) is 0. The second-order valence-electron chi connectivity index (χ2n) is 17.2. The predicted octanol–water partition coefficient (Wildman–Crippen LogP) is 17.9. The van der Waals surface area contributed by atoms with Gasteiger partial charge in [0.15, 0.2) is 0 Å². The molecule has 0 saturated carbocycles. The molecule has 0 aliphatic rings. The van der Waals surface area contributed by atoms with E-state index in [2.05, 4.69) is 264 Å². The van der Waals surface area contributed by atoms with Gasteiger partial charge in [0.05, 0.1) is 28.1 Å². The summed E-state index contributed by atoms with van der Waals surface area (Å²) in [6, 6.07) is 93.4. The number of rotatable bonds is 7. The van der Waals surface area contributed by atoms with Crippen LogP contribution in [-0.2, 0) is 0 Å². The summed E-state index contributed by atoms with van der Waals surface area (Å²) in [5.41, 5.74) is 14.0. The number of aromatic nitrogens is 1. The number of hydrogen-bond donors (Lipinski definition) is 0. The van der Waals surface area contributed by atoms with Gasteiger partial charge in [-0.3, -0.25) is 0 Å². The van der Waals surface area contributed by atoms with Crippen LogP contribution in [0.1, 0.15) is 0 Å². The zero-order valence-electron chi connectivity index (χ0n) is 36.1. The van der Waals surface area contributed by atoms with Crippen molar-refractivity contribution in [3.8, 4) is 39.1 Å². The minimum Gasteiger partial charge on any atom is -0.309 e. The molecule has 0 atom stereocenters. The lowest BCUT2D eigenvalue weighted by atomic mass is 9.92. The molecule has 0 fully saturated rings. The summed E-state index contributed by atoms with van der Waals surface area (Å²) in [4.78, 5) is 2.47. The fourth-order valence-electron chi connectivity index (χ4n) is 10.5. The van der Waals surface area contributed by atoms with Crippen molar-refractivity contribution >= 4 is 82.0 Å². The van der Waals surface area contributed by atoms with E-state index in [1.54, 1.807) is 0 Å². The van der Waals surface area contributed by atoms with Crippen molar-refractivity contribution in [1.29, 1.82) is 0 Å². The lowest BCUT2D eigenvalue weighted by molar-refractivity contribution is 1.19. The van der Waals surface area contributed by atoms with Crippen LogP contribution >= 0.6 is 0 Å². The van der Waals surface area contributed by atoms with Gasteiger partial charge in [-0.15, -0.1) is 0 Å². The van der Waals surface area contributed by atoms with Gasteiger partial charge in [0, 0.05) is 38.4 Å². The van der Waals surface area contributed by atoms with E-state index in [4.69, 9.17) is 0 Å². The first-order valence-corrected chi connectivity index (χ1v) is 22.8. The lowest BCUT2D eigenvalue weighted by Crippen LogP contribution is -2.12. The second-order valence-corrected chi connectivity index (χ2v) is 17.2. The normalized spacial score (nSPS) is 11.6. The molecule has 0 aliphatic heterocycles. The Kier molecular flexibility index (Phi) is 8.89. The van der Waals surface area contributed by atoms with Crippen molar-refractivity contribution in [1.82, 2.24) is 4.57 Å². The Morgan fingerprint density at radius 3 is 1.67 bits per heavy atom. The Hall–Kier alpha value is -8.72. The van der Waals surface area contributed by atoms with Crippen molar-refractivity contribution in [2.24, 2.45) is 0 Å². The molecule has 308 valence electrons. The first-order valence-electron chi connectivity index (χ1n) is 22.8. The van der Waals surface area contributed by atoms with E-state index >= 15 is 0 Å². The average Bonchev–Trinajstić information content (AvgIpc) is 3.74. The first-order chi connectivity index (χ1) is 32.8. The van der Waals surface area contributed by atoms with Crippen LogP contribution in [-0.4, -0.2) is 4.57 Å². The van der Waals surface area contributed by atoms with Crippen LogP contribution in [0.5, 0.6) is 0 Å². The third-order valence-corrected chi connectivity index (χ3v) is 13.6. The van der Waals surface area contributed by atoms with E-state index in [-0.39, 0.29) is 0 Å². The number of anilines is 3. The summed E-state index contributed by atoms with van der Waals surface area (Å²) >= 11 is 0. The van der Waals surface area contributed by atoms with Crippen LogP contribution in [0, 0.1) is 0 Å². The summed E-state index contributed by atoms with van der Waals surface area (Å²) in [6.45, 7) is 0. The predicted molar refractivity (Wildman–Crippen MR) is 282 cm³/mol. The summed E-state index contributed by atoms with van der Waals surface area (Å²) in [6.07, 6.45) is 0. The lowest BCUT2D eigenvalue weighted by Gasteiger charge is -2.30. The molecular formula is C64H42N2. The third kappa shape index (κ3) is 6.11. The Bertz CT molecular complexity index is 4000. The van der Waals surface area contributed by atoms with Crippen LogP contribution < -0.4 is 4.90 Å². The number of nitrogens with zero attached hydrogens (tertiary/aromatic N) is 2. The Morgan fingerprint density at radius 1 is 0.273 bits per heavy atom. The molecule has 2 heteroatoms. The topological polar surface area (TPSA) is 8.17 Å². The van der Waals surface area contributed by atoms with Crippen molar-refractivity contribution in [3.05, 3.63) is 255 Å². The fourth-order valence-corrected chi connectivity index (χ4v) is 10.5. The van der Waals surface area contributed by atoms with Gasteiger partial charge < -0.3 is 9.47 Å². The van der Waals surface area contributed by atoms with E-state index in [1.165, 1.54) is 92.7 Å². The second kappa shape index (κ2) is 15.5. The number of fused-ring (bicyclic) bond motifs is 8. The highest BCUT2D eigenvalue weighted by molar-refractivity contribution is 6.19. The van der Waals surface area contributed by atoms with Gasteiger partial charge in [0.25, 0.3) is 0 Å². The van der Waals surface area contributed by atoms with Crippen LogP contribution in [0.3, 0.4) is 0 Å². The summed E-state index contributed by atoms with van der Waals surface area (Å²) in [5.74, 6) is 0. The van der Waals surface area contributed by atoms with Crippen molar-refractivity contribution < 1.29 is 0 Å². The Morgan fingerprint density at radius 2 is 0.833 bits per heavy atom. The van der Waals surface area contributed by atoms with Crippen molar-refractivity contribution in [3.63, 3.8) is 0 Å². The third-order valence-electron chi connectivity index (χ3n) is 13.6. The van der Waals surface area contributed by atoms with E-state index < -0.39 is 0 Å². The molecule has 0 radical (unpaired) electrons. The van der Waals surface area contributed by atoms with Gasteiger partial charge in [0.2, 0.25) is 0 Å². The molecule has 0 bridgehead atoms. The van der Waals surface area contributed by atoms with E-state index in [0.717, 1.165) is 28.3 Å². The summed E-state index contributed by atoms with van der Waals surface area (Å²) < 4.78 is 2.48. The molecule has 2 nitrogen and oxygen atoms in total. The molecule has 0 unspecified atom stereocenters. The maximum atomic E-state index is 2.48. The molecule has 1 heterocycles. The van der Waals surface area contributed by atoms with Crippen LogP contribution in [0.4, 0.5) is 17.1 Å². The van der Waals surface area contributed by atoms with Crippen LogP contribution in [0.15, 0.2) is 255 Å². The number of para-hydroxylation sites is 3. The molecule has 13 rings (SSSR count). The van der Waals surface area contributed by atoms with Gasteiger partial charge >= 0.3 is 0 Å². The number of benzene rings is 12. The van der Waals surface area contributed by atoms with Gasteiger partial charge in [0.1, 0.15) is 0 Å². The average molecular weight is 839 g/mol. The molecule has 0 N–H and O–H groups in total. The van der Waals surface area contributed by atoms with Crippen molar-refractivity contribution in [2.45, 2.75) is 0 Å².